The highest BCUT2D eigenvalue weighted by molar-refractivity contribution is 5.81. The number of ether oxygens (including phenoxy) is 7. The molecule has 0 aromatic heterocycles. The van der Waals surface area contributed by atoms with Crippen molar-refractivity contribution in [2.45, 2.75) is 192 Å². The number of benzene rings is 1. The summed E-state index contributed by atoms with van der Waals surface area (Å²) in [4.78, 5) is 80.5. The van der Waals surface area contributed by atoms with Crippen molar-refractivity contribution in [3.63, 3.8) is 0 Å². The van der Waals surface area contributed by atoms with E-state index in [2.05, 4.69) is 40.4 Å². The third kappa shape index (κ3) is 20.8. The fourth-order valence-corrected chi connectivity index (χ4v) is 9.72. The van der Waals surface area contributed by atoms with Gasteiger partial charge in [0.2, 0.25) is 5.91 Å². The lowest BCUT2D eigenvalue weighted by Gasteiger charge is -2.52. The second-order valence-electron chi connectivity index (χ2n) is 24.8. The Hall–Kier alpha value is -5.61. The van der Waals surface area contributed by atoms with Gasteiger partial charge in [0.15, 0.2) is 6.29 Å². The number of nitrogens with zero attached hydrogens (tertiary/aromatic N) is 3. The predicted octanol–water partition coefficient (Wildman–Crippen LogP) is 3.16. The molecule has 0 spiro atoms. The molecule has 26 heteroatoms. The predicted molar refractivity (Wildman–Crippen MR) is 286 cm³/mol. The molecule has 448 valence electrons. The summed E-state index contributed by atoms with van der Waals surface area (Å²) in [5, 5.41) is 73.5. The molecule has 5 amide bonds. The third-order valence-corrected chi connectivity index (χ3v) is 12.9. The number of nitro groups is 1. The zero-order valence-electron chi connectivity index (χ0n) is 48.4. The lowest BCUT2D eigenvalue weighted by Crippen LogP contribution is -2.71. The lowest BCUT2D eigenvalue weighted by molar-refractivity contribution is -0.384. The van der Waals surface area contributed by atoms with Gasteiger partial charge >= 0.3 is 24.4 Å². The first-order chi connectivity index (χ1) is 36.3. The molecule has 1 aromatic rings. The van der Waals surface area contributed by atoms with Gasteiger partial charge in [0, 0.05) is 56.8 Å². The molecule has 1 saturated heterocycles. The summed E-state index contributed by atoms with van der Waals surface area (Å²) in [7, 11) is 5.21. The third-order valence-electron chi connectivity index (χ3n) is 12.9. The number of likely N-dealkylation sites (N-methyl/N-ethyl adjacent to an activating group) is 1. The number of carbonyl (C=O) groups is 5. The monoisotopic (exact) mass is 1120 g/mol. The molecule has 2 fully saturated rings. The molecule has 1 aliphatic carbocycles. The van der Waals surface area contributed by atoms with Gasteiger partial charge in [0.05, 0.1) is 36.3 Å². The fraction of sp³-hybridized carbons (Fsp3) is 0.755. The number of aliphatic hydroxyl groups is 4. The van der Waals surface area contributed by atoms with Crippen molar-refractivity contribution in [1.29, 1.82) is 0 Å². The summed E-state index contributed by atoms with van der Waals surface area (Å²) < 4.78 is 41.3. The van der Waals surface area contributed by atoms with E-state index in [1.807, 2.05) is 19.0 Å². The van der Waals surface area contributed by atoms with Crippen molar-refractivity contribution in [3.8, 4) is 0 Å². The summed E-state index contributed by atoms with van der Waals surface area (Å²) in [6.45, 7) is 20.4. The van der Waals surface area contributed by atoms with Crippen LogP contribution in [-0.4, -0.2) is 203 Å². The van der Waals surface area contributed by atoms with Gasteiger partial charge in [-0.05, 0) is 132 Å². The van der Waals surface area contributed by atoms with Crippen LogP contribution in [0.2, 0.25) is 0 Å². The standard InChI is InChI=1S/C53H88N8O18/c1-49(2,3)77-46(67)54-23-22-36(62)43(65)57-35-24-34(58-47(68)78-50(4,5)6)37(38(63)41(35)76-44-39(64)42(53(12,70)29-74-44)60(15)48(69)79-51(7,8)9)40-33(56-27-52(10,11)28-59(13)14)21-20-32(75-40)25-55-45(66)73-26-30-16-18-31(19-17-30)61(71)72/h16-20,33-42,44,56,62-64,70H,21-29H2,1-15H3,(H,54,67)(H,55,66)(H,57,65)(H,58,68)/t33-,34+,35-,36+,37-,38+,39-,40?,41+,42-,44-,53+/m1/s1. The first-order valence-corrected chi connectivity index (χ1v) is 26.5. The highest BCUT2D eigenvalue weighted by Crippen LogP contribution is 2.39. The molecule has 2 aliphatic heterocycles. The van der Waals surface area contributed by atoms with E-state index < -0.39 is 131 Å². The lowest BCUT2D eigenvalue weighted by atomic mass is 9.72. The van der Waals surface area contributed by atoms with Crippen molar-refractivity contribution in [2.24, 2.45) is 11.3 Å². The number of hydrogen-bond donors (Lipinski definition) is 9. The number of rotatable bonds is 20. The van der Waals surface area contributed by atoms with Crippen molar-refractivity contribution < 1.29 is 82.5 Å². The number of hydrogen-bond acceptors (Lipinski definition) is 20. The van der Waals surface area contributed by atoms with Gasteiger partial charge in [-0.2, -0.15) is 0 Å². The second kappa shape index (κ2) is 27.2. The van der Waals surface area contributed by atoms with Crippen LogP contribution in [0, 0.1) is 21.4 Å². The maximum Gasteiger partial charge on any atom is 0.410 e. The molecule has 1 unspecified atom stereocenters. The van der Waals surface area contributed by atoms with Crippen LogP contribution in [-0.2, 0) is 44.6 Å². The van der Waals surface area contributed by atoms with Crippen LogP contribution in [0.15, 0.2) is 36.1 Å². The number of nitro benzene ring substituents is 1. The van der Waals surface area contributed by atoms with E-state index in [9.17, 15) is 54.5 Å². The molecular weight excluding hydrogens is 1040 g/mol. The van der Waals surface area contributed by atoms with Crippen molar-refractivity contribution in [1.82, 2.24) is 36.4 Å². The maximum atomic E-state index is 14.0. The van der Waals surface area contributed by atoms with E-state index in [1.165, 1.54) is 38.2 Å². The number of carbonyl (C=O) groups excluding carboxylic acids is 5. The second-order valence-corrected chi connectivity index (χ2v) is 24.8. The van der Waals surface area contributed by atoms with E-state index >= 15 is 0 Å². The van der Waals surface area contributed by atoms with Crippen LogP contribution in [0.1, 0.15) is 108 Å². The van der Waals surface area contributed by atoms with E-state index in [-0.39, 0.29) is 55.8 Å². The fourth-order valence-electron chi connectivity index (χ4n) is 9.72. The molecular formula is C53H88N8O18. The average molecular weight is 1130 g/mol. The van der Waals surface area contributed by atoms with Crippen LogP contribution in [0.5, 0.6) is 0 Å². The topological polar surface area (TPSA) is 341 Å². The number of non-ortho nitro benzene ring substituents is 1. The largest absolute Gasteiger partial charge is 0.491 e. The minimum absolute atomic E-state index is 0.130. The summed E-state index contributed by atoms with van der Waals surface area (Å²) in [5.74, 6) is -1.91. The van der Waals surface area contributed by atoms with Gasteiger partial charge in [0.25, 0.3) is 5.69 Å². The Morgan fingerprint density at radius 2 is 1.44 bits per heavy atom. The maximum absolute atomic E-state index is 14.0. The molecule has 79 heavy (non-hydrogen) atoms. The first-order valence-electron chi connectivity index (χ1n) is 26.5. The van der Waals surface area contributed by atoms with Gasteiger partial charge < -0.3 is 90.0 Å². The van der Waals surface area contributed by atoms with Crippen LogP contribution in [0.3, 0.4) is 0 Å². The minimum Gasteiger partial charge on any atom is -0.491 e. The molecule has 1 saturated carbocycles. The van der Waals surface area contributed by atoms with E-state index in [1.54, 1.807) is 68.4 Å². The highest BCUT2D eigenvalue weighted by Gasteiger charge is 2.56. The quantitative estimate of drug-likeness (QED) is 0.0514. The zero-order chi connectivity index (χ0) is 59.6. The van der Waals surface area contributed by atoms with Gasteiger partial charge in [0.1, 0.15) is 59.2 Å². The van der Waals surface area contributed by atoms with Crippen LogP contribution in [0.25, 0.3) is 0 Å². The Kier molecular flexibility index (Phi) is 22.7. The molecule has 0 bridgehead atoms. The number of amides is 5. The Morgan fingerprint density at radius 1 is 0.835 bits per heavy atom. The molecule has 26 nitrogen and oxygen atoms in total. The van der Waals surface area contributed by atoms with Crippen LogP contribution < -0.4 is 26.6 Å². The van der Waals surface area contributed by atoms with E-state index in [4.69, 9.17) is 33.2 Å². The van der Waals surface area contributed by atoms with Crippen molar-refractivity contribution in [3.05, 3.63) is 51.8 Å². The van der Waals surface area contributed by atoms with Gasteiger partial charge in [-0.3, -0.25) is 14.9 Å². The summed E-state index contributed by atoms with van der Waals surface area (Å²) >= 11 is 0. The average Bonchev–Trinajstić information content (AvgIpc) is 3.36. The molecule has 12 atom stereocenters. The van der Waals surface area contributed by atoms with Crippen LogP contribution >= 0.6 is 0 Å². The normalized spacial score (nSPS) is 27.0. The Morgan fingerprint density at radius 3 is 2.03 bits per heavy atom. The number of nitrogens with one attached hydrogen (secondary N) is 5. The van der Waals surface area contributed by atoms with E-state index in [0.29, 0.717) is 18.7 Å². The highest BCUT2D eigenvalue weighted by atomic mass is 16.7. The molecule has 2 heterocycles. The summed E-state index contributed by atoms with van der Waals surface area (Å²) in [6, 6.07) is 1.00. The molecule has 3 aliphatic rings. The summed E-state index contributed by atoms with van der Waals surface area (Å²) in [6.07, 6.45) is -11.6. The molecule has 4 rings (SSSR count). The Labute approximate surface area is 463 Å². The minimum atomic E-state index is -1.88. The van der Waals surface area contributed by atoms with E-state index in [0.717, 1.165) is 4.90 Å². The molecule has 0 radical (unpaired) electrons. The van der Waals surface area contributed by atoms with Crippen LogP contribution in [0.4, 0.5) is 24.9 Å². The van der Waals surface area contributed by atoms with Gasteiger partial charge in [-0.25, -0.2) is 19.2 Å². The zero-order valence-corrected chi connectivity index (χ0v) is 48.4. The first kappa shape index (κ1) is 65.9. The van der Waals surface area contributed by atoms with Gasteiger partial charge in [-0.1, -0.05) is 13.8 Å². The molecule has 9 N–H and O–H groups in total. The Balaban J connectivity index is 1.78. The summed E-state index contributed by atoms with van der Waals surface area (Å²) in [5.41, 5.74) is -4.62. The van der Waals surface area contributed by atoms with Crippen molar-refractivity contribution in [2.75, 3.05) is 53.9 Å². The number of aliphatic hydroxyl groups excluding tert-OH is 3. The Bertz CT molecular complexity index is 2260. The molecule has 1 aromatic carbocycles. The smallest absolute Gasteiger partial charge is 0.410 e. The number of alkyl carbamates (subject to hydrolysis) is 3. The SMILES string of the molecule is CN(C)CC(C)(C)CN[C@@H]1CC=C(CNC(=O)OCc2ccc([N+](=O)[O-])cc2)OC1[C@H]1[C@H](O)[C@@H](O[C@H]2OC[C@](C)(O)[C@H](N(C)C(=O)OC(C)(C)C)[C@H]2O)[C@H](NC(=O)[C@@H](O)CCNC(=O)OC(C)(C)C)C[C@@H]1NC(=O)OC(C)(C)C. The van der Waals surface area contributed by atoms with Crippen molar-refractivity contribution >= 4 is 36.0 Å². The van der Waals surface area contributed by atoms with Gasteiger partial charge in [-0.15, -0.1) is 0 Å².